The largest absolute Gasteiger partial charge is 0.434 e. The third-order valence-corrected chi connectivity index (χ3v) is 2.68. The van der Waals surface area contributed by atoms with E-state index in [0.29, 0.717) is 11.1 Å². The number of alkyl halides is 3. The van der Waals surface area contributed by atoms with E-state index in [1.807, 2.05) is 0 Å². The number of hydrogen-bond acceptors (Lipinski definition) is 3. The molecule has 98 valence electrons. The first-order valence-corrected chi connectivity index (χ1v) is 5.19. The highest BCUT2D eigenvalue weighted by Gasteiger charge is 2.31. The van der Waals surface area contributed by atoms with Gasteiger partial charge in [-0.2, -0.15) is 13.2 Å². The van der Waals surface area contributed by atoms with Gasteiger partial charge >= 0.3 is 11.9 Å². The van der Waals surface area contributed by atoms with Crippen molar-refractivity contribution in [1.82, 2.24) is 15.2 Å². The fraction of sp³-hybridized carbons (Fsp3) is 0.0909. The number of nitrogens with zero attached hydrogens (tertiary/aromatic N) is 1. The van der Waals surface area contributed by atoms with Crippen molar-refractivity contribution < 1.29 is 17.6 Å². The summed E-state index contributed by atoms with van der Waals surface area (Å²) in [5.74, 6) is -0.827. The van der Waals surface area contributed by atoms with Crippen molar-refractivity contribution in [3.05, 3.63) is 40.5 Å². The second kappa shape index (κ2) is 3.74. The number of aromatic amines is 2. The molecule has 0 aliphatic carbocycles. The molecule has 0 radical (unpaired) electrons. The fourth-order valence-electron chi connectivity index (χ4n) is 1.82. The highest BCUT2D eigenvalue weighted by molar-refractivity contribution is 5.93. The Hall–Kier alpha value is -2.51. The molecule has 0 aliphatic heterocycles. The molecule has 1 aromatic carbocycles. The number of halogens is 3. The summed E-state index contributed by atoms with van der Waals surface area (Å²) in [4.78, 5) is 13.7. The predicted octanol–water partition coefficient (Wildman–Crippen LogP) is 2.53. The average Bonchev–Trinajstić information content (AvgIpc) is 2.92. The van der Waals surface area contributed by atoms with Crippen LogP contribution in [0, 0.1) is 0 Å². The smallest absolute Gasteiger partial charge is 0.388 e. The van der Waals surface area contributed by atoms with Crippen LogP contribution in [-0.4, -0.2) is 15.2 Å². The molecule has 0 saturated carbocycles. The number of aromatic nitrogens is 3. The molecule has 5 nitrogen and oxygen atoms in total. The summed E-state index contributed by atoms with van der Waals surface area (Å²) in [7, 11) is 0. The molecule has 0 aliphatic rings. The highest BCUT2D eigenvalue weighted by Crippen LogP contribution is 2.34. The monoisotopic (exact) mass is 269 g/mol. The molecular formula is C11H6F3N3O2. The van der Waals surface area contributed by atoms with Crippen LogP contribution in [0.4, 0.5) is 13.2 Å². The summed E-state index contributed by atoms with van der Waals surface area (Å²) in [5, 5.41) is 5.94. The molecule has 3 aromatic rings. The lowest BCUT2D eigenvalue weighted by Gasteiger charge is -2.06. The molecule has 0 atom stereocenters. The summed E-state index contributed by atoms with van der Waals surface area (Å²) in [5.41, 5.74) is 0.00633. The summed E-state index contributed by atoms with van der Waals surface area (Å²) in [6.45, 7) is 0. The van der Waals surface area contributed by atoms with Crippen LogP contribution in [0.2, 0.25) is 0 Å². The maximum atomic E-state index is 12.7. The van der Waals surface area contributed by atoms with Crippen LogP contribution in [0.5, 0.6) is 0 Å². The van der Waals surface area contributed by atoms with Gasteiger partial charge in [-0.05, 0) is 18.2 Å². The number of rotatable bonds is 1. The molecule has 0 fully saturated rings. The zero-order valence-electron chi connectivity index (χ0n) is 9.21. The van der Waals surface area contributed by atoms with Crippen molar-refractivity contribution >= 4 is 10.9 Å². The van der Waals surface area contributed by atoms with Crippen molar-refractivity contribution in [3.8, 4) is 11.5 Å². The Bertz CT molecular complexity index is 797. The Morgan fingerprint density at radius 1 is 1.26 bits per heavy atom. The molecule has 0 unspecified atom stereocenters. The molecule has 0 bridgehead atoms. The number of fused-ring (bicyclic) bond motifs is 1. The van der Waals surface area contributed by atoms with Crippen molar-refractivity contribution in [2.45, 2.75) is 6.18 Å². The molecule has 0 saturated heterocycles. The minimum Gasteiger partial charge on any atom is -0.388 e. The number of hydrogen-bond donors (Lipinski definition) is 2. The van der Waals surface area contributed by atoms with Crippen LogP contribution in [0.25, 0.3) is 22.4 Å². The maximum absolute atomic E-state index is 12.7. The average molecular weight is 269 g/mol. The van der Waals surface area contributed by atoms with Gasteiger partial charge in [-0.3, -0.25) is 0 Å². The molecule has 2 heterocycles. The van der Waals surface area contributed by atoms with E-state index in [0.717, 1.165) is 12.1 Å². The second-order valence-corrected chi connectivity index (χ2v) is 3.88. The van der Waals surface area contributed by atoms with Crippen LogP contribution >= 0.6 is 0 Å². The van der Waals surface area contributed by atoms with E-state index < -0.39 is 17.5 Å². The minimum atomic E-state index is -4.44. The second-order valence-electron chi connectivity index (χ2n) is 3.88. The van der Waals surface area contributed by atoms with E-state index in [9.17, 15) is 18.0 Å². The molecule has 19 heavy (non-hydrogen) atoms. The minimum absolute atomic E-state index is 0.0597. The predicted molar refractivity (Wildman–Crippen MR) is 59.4 cm³/mol. The Morgan fingerprint density at radius 2 is 2.05 bits per heavy atom. The molecule has 8 heteroatoms. The fourth-order valence-corrected chi connectivity index (χ4v) is 1.82. The van der Waals surface area contributed by atoms with Crippen molar-refractivity contribution in [1.29, 1.82) is 0 Å². The van der Waals surface area contributed by atoms with Gasteiger partial charge in [0.05, 0.1) is 11.1 Å². The van der Waals surface area contributed by atoms with E-state index >= 15 is 0 Å². The van der Waals surface area contributed by atoms with Crippen molar-refractivity contribution in [2.24, 2.45) is 0 Å². The summed E-state index contributed by atoms with van der Waals surface area (Å²) in [6, 6.07) is 3.27. The SMILES string of the molecule is O=c1[nH]nc(-c2c[nH]c3ccc(C(F)(F)F)cc23)o1. The summed E-state index contributed by atoms with van der Waals surface area (Å²) < 4.78 is 42.7. The Morgan fingerprint density at radius 3 is 2.68 bits per heavy atom. The van der Waals surface area contributed by atoms with Crippen LogP contribution < -0.4 is 5.76 Å². The lowest BCUT2D eigenvalue weighted by Crippen LogP contribution is -2.04. The van der Waals surface area contributed by atoms with E-state index in [1.165, 1.54) is 12.3 Å². The third kappa shape index (κ3) is 1.90. The first-order chi connectivity index (χ1) is 8.95. The van der Waals surface area contributed by atoms with Crippen LogP contribution in [-0.2, 0) is 6.18 Å². The van der Waals surface area contributed by atoms with Crippen molar-refractivity contribution in [2.75, 3.05) is 0 Å². The number of H-pyrrole nitrogens is 2. The Kier molecular flexibility index (Phi) is 2.28. The zero-order chi connectivity index (χ0) is 13.6. The third-order valence-electron chi connectivity index (χ3n) is 2.68. The lowest BCUT2D eigenvalue weighted by atomic mass is 10.1. The van der Waals surface area contributed by atoms with Gasteiger partial charge < -0.3 is 9.40 Å². The van der Waals surface area contributed by atoms with Gasteiger partial charge in [-0.25, -0.2) is 9.89 Å². The normalized spacial score (nSPS) is 12.2. The standard InChI is InChI=1S/C11H6F3N3O2/c12-11(13,14)5-1-2-8-6(3-5)7(4-15-8)9-16-17-10(18)19-9/h1-4,15H,(H,17,18). The first-order valence-electron chi connectivity index (χ1n) is 5.19. The van der Waals surface area contributed by atoms with Gasteiger partial charge in [0.25, 0.3) is 5.89 Å². The van der Waals surface area contributed by atoms with E-state index in [-0.39, 0.29) is 11.3 Å². The van der Waals surface area contributed by atoms with E-state index in [2.05, 4.69) is 15.2 Å². The first kappa shape index (κ1) is 11.6. The van der Waals surface area contributed by atoms with Gasteiger partial charge in [0.15, 0.2) is 0 Å². The van der Waals surface area contributed by atoms with Gasteiger partial charge in [-0.1, -0.05) is 0 Å². The Balaban J connectivity index is 2.24. The topological polar surface area (TPSA) is 74.7 Å². The number of benzene rings is 1. The van der Waals surface area contributed by atoms with E-state index in [4.69, 9.17) is 4.42 Å². The molecular weight excluding hydrogens is 263 g/mol. The van der Waals surface area contributed by atoms with Crippen molar-refractivity contribution in [3.63, 3.8) is 0 Å². The van der Waals surface area contributed by atoms with Crippen LogP contribution in [0.3, 0.4) is 0 Å². The highest BCUT2D eigenvalue weighted by atomic mass is 19.4. The molecule has 2 aromatic heterocycles. The van der Waals surface area contributed by atoms with Crippen LogP contribution in [0.1, 0.15) is 5.56 Å². The molecule has 0 amide bonds. The van der Waals surface area contributed by atoms with Gasteiger partial charge in [-0.15, -0.1) is 5.10 Å². The van der Waals surface area contributed by atoms with Crippen LogP contribution in [0.15, 0.2) is 33.6 Å². The molecule has 0 spiro atoms. The van der Waals surface area contributed by atoms with E-state index in [1.54, 1.807) is 0 Å². The van der Waals surface area contributed by atoms with Gasteiger partial charge in [0.2, 0.25) is 0 Å². The lowest BCUT2D eigenvalue weighted by molar-refractivity contribution is -0.137. The quantitative estimate of drug-likeness (QED) is 0.712. The summed E-state index contributed by atoms with van der Waals surface area (Å²) >= 11 is 0. The number of nitrogens with one attached hydrogen (secondary N) is 2. The molecule has 3 rings (SSSR count). The zero-order valence-corrected chi connectivity index (χ0v) is 9.21. The summed E-state index contributed by atoms with van der Waals surface area (Å²) in [6.07, 6.45) is -3.00. The molecule has 2 N–H and O–H groups in total. The Labute approximate surface area is 103 Å². The maximum Gasteiger partial charge on any atom is 0.434 e. The van der Waals surface area contributed by atoms with Gasteiger partial charge in [0, 0.05) is 17.1 Å². The van der Waals surface area contributed by atoms with Gasteiger partial charge in [0.1, 0.15) is 0 Å².